The van der Waals surface area contributed by atoms with Crippen LogP contribution in [-0.2, 0) is 4.79 Å². The van der Waals surface area contributed by atoms with E-state index >= 15 is 0 Å². The minimum absolute atomic E-state index is 0.320. The van der Waals surface area contributed by atoms with Crippen LogP contribution in [0.4, 0.5) is 0 Å². The lowest BCUT2D eigenvalue weighted by Crippen LogP contribution is -2.49. The fourth-order valence-electron chi connectivity index (χ4n) is 7.71. The van der Waals surface area contributed by atoms with Crippen LogP contribution in [0.1, 0.15) is 71.6 Å². The van der Waals surface area contributed by atoms with Crippen LogP contribution in [0.2, 0.25) is 0 Å². The fourth-order valence-corrected chi connectivity index (χ4v) is 8.10. The smallest absolute Gasteiger partial charge is 0.147 e. The van der Waals surface area contributed by atoms with Gasteiger partial charge in [-0.05, 0) is 92.3 Å². The van der Waals surface area contributed by atoms with Crippen LogP contribution in [0.5, 0.6) is 0 Å². The minimum atomic E-state index is 0.320. The van der Waals surface area contributed by atoms with E-state index in [1.807, 2.05) is 0 Å². The van der Waals surface area contributed by atoms with E-state index in [0.29, 0.717) is 22.4 Å². The van der Waals surface area contributed by atoms with Crippen molar-refractivity contribution >= 4 is 21.7 Å². The molecule has 4 rings (SSSR count). The number of fused-ring (bicyclic) bond motifs is 5. The first-order valence-electron chi connectivity index (χ1n) is 10.1. The molecule has 0 aromatic rings. The lowest BCUT2D eigenvalue weighted by Gasteiger charge is -2.56. The molecule has 8 atom stereocenters. The van der Waals surface area contributed by atoms with Crippen molar-refractivity contribution in [3.63, 3.8) is 0 Å². The van der Waals surface area contributed by atoms with Crippen LogP contribution in [0.15, 0.2) is 0 Å². The molecule has 0 spiro atoms. The number of Topliss-reactive ketones (excluding diaryl/α,β-unsaturated/α-hetero) is 1. The Morgan fingerprint density at radius 3 is 2.57 bits per heavy atom. The molecule has 0 radical (unpaired) electrons. The number of alkyl halides is 1. The molecule has 0 saturated heterocycles. The molecule has 1 nitrogen and oxygen atoms in total. The zero-order chi connectivity index (χ0) is 16.2. The molecule has 4 aliphatic carbocycles. The second-order valence-corrected chi connectivity index (χ2v) is 10.2. The normalized spacial score (nSPS) is 52.4. The molecule has 2 heteroatoms. The van der Waals surface area contributed by atoms with Crippen LogP contribution in [-0.4, -0.2) is 11.1 Å². The van der Waals surface area contributed by atoms with E-state index in [1.54, 1.807) is 0 Å². The van der Waals surface area contributed by atoms with Gasteiger partial charge in [0.1, 0.15) is 5.78 Å². The van der Waals surface area contributed by atoms with E-state index in [9.17, 15) is 4.79 Å². The van der Waals surface area contributed by atoms with E-state index in [1.165, 1.54) is 57.8 Å². The maximum Gasteiger partial charge on any atom is 0.147 e. The Labute approximate surface area is 150 Å². The van der Waals surface area contributed by atoms with Crippen molar-refractivity contribution in [1.29, 1.82) is 0 Å². The minimum Gasteiger partial charge on any atom is -0.298 e. The Kier molecular flexibility index (Phi) is 4.44. The Morgan fingerprint density at radius 1 is 1.00 bits per heavy atom. The SMILES string of the molecule is C[C@H]1CC[C@H]2C(CC[C@@H]3C2CC[C@@]2(C)C3CC[C@@H]2C(=O)CBr)C1. The molecule has 0 amide bonds. The van der Waals surface area contributed by atoms with Crippen molar-refractivity contribution in [2.45, 2.75) is 71.6 Å². The number of rotatable bonds is 2. The third kappa shape index (κ3) is 2.57. The first kappa shape index (κ1) is 16.6. The average molecular weight is 381 g/mol. The van der Waals surface area contributed by atoms with E-state index < -0.39 is 0 Å². The first-order chi connectivity index (χ1) is 11.0. The molecule has 4 aliphatic rings. The average Bonchev–Trinajstić information content (AvgIpc) is 2.90. The third-order valence-corrected chi connectivity index (χ3v) is 9.29. The predicted octanol–water partition coefficient (Wildman–Crippen LogP) is 5.86. The predicted molar refractivity (Wildman–Crippen MR) is 98.6 cm³/mol. The van der Waals surface area contributed by atoms with Gasteiger partial charge in [-0.3, -0.25) is 4.79 Å². The van der Waals surface area contributed by atoms with Gasteiger partial charge in [0.05, 0.1) is 5.33 Å². The molecule has 23 heavy (non-hydrogen) atoms. The summed E-state index contributed by atoms with van der Waals surface area (Å²) >= 11 is 3.44. The van der Waals surface area contributed by atoms with Crippen LogP contribution in [0.3, 0.4) is 0 Å². The second kappa shape index (κ2) is 6.15. The Hall–Kier alpha value is 0.150. The van der Waals surface area contributed by atoms with E-state index in [0.717, 1.165) is 35.5 Å². The van der Waals surface area contributed by atoms with Gasteiger partial charge in [0.15, 0.2) is 0 Å². The maximum atomic E-state index is 12.5. The molecule has 0 bridgehead atoms. The molecule has 3 unspecified atom stereocenters. The van der Waals surface area contributed by atoms with Gasteiger partial charge in [0.2, 0.25) is 0 Å². The number of ketones is 1. The van der Waals surface area contributed by atoms with Crippen molar-refractivity contribution in [3.05, 3.63) is 0 Å². The molecule has 0 aromatic carbocycles. The number of hydrogen-bond acceptors (Lipinski definition) is 1. The topological polar surface area (TPSA) is 17.1 Å². The Bertz CT molecular complexity index is 474. The Morgan fingerprint density at radius 2 is 1.78 bits per heavy atom. The lowest BCUT2D eigenvalue weighted by atomic mass is 9.49. The van der Waals surface area contributed by atoms with Crippen molar-refractivity contribution in [3.8, 4) is 0 Å². The summed E-state index contributed by atoms with van der Waals surface area (Å²) in [7, 11) is 0. The largest absolute Gasteiger partial charge is 0.298 e. The van der Waals surface area contributed by atoms with E-state index in [2.05, 4.69) is 29.8 Å². The van der Waals surface area contributed by atoms with Gasteiger partial charge in [0, 0.05) is 5.92 Å². The molecule has 0 N–H and O–H groups in total. The molecule has 0 aromatic heterocycles. The lowest BCUT2D eigenvalue weighted by molar-refractivity contribution is -0.127. The van der Waals surface area contributed by atoms with Gasteiger partial charge < -0.3 is 0 Å². The van der Waals surface area contributed by atoms with Crippen LogP contribution < -0.4 is 0 Å². The van der Waals surface area contributed by atoms with Crippen LogP contribution in [0.25, 0.3) is 0 Å². The summed E-state index contributed by atoms with van der Waals surface area (Å²) in [5.74, 6) is 6.63. The summed E-state index contributed by atoms with van der Waals surface area (Å²) in [6.07, 6.45) is 12.7. The van der Waals surface area contributed by atoms with Crippen molar-refractivity contribution in [2.24, 2.45) is 46.8 Å². The van der Waals surface area contributed by atoms with Gasteiger partial charge in [-0.15, -0.1) is 0 Å². The van der Waals surface area contributed by atoms with Gasteiger partial charge in [-0.1, -0.05) is 36.2 Å². The van der Waals surface area contributed by atoms with Gasteiger partial charge in [-0.2, -0.15) is 0 Å². The molecule has 0 aliphatic heterocycles. The van der Waals surface area contributed by atoms with E-state index in [-0.39, 0.29) is 0 Å². The fraction of sp³-hybridized carbons (Fsp3) is 0.952. The summed E-state index contributed by atoms with van der Waals surface area (Å²) in [6, 6.07) is 0. The quantitative estimate of drug-likeness (QED) is 0.548. The standard InChI is InChI=1S/C21H33BrO/c1-13-3-5-15-14(11-13)4-6-17-16(15)9-10-21(2)18(17)7-8-19(21)20(23)12-22/h13-19H,3-12H2,1-2H3/t13-,14?,15-,16?,17+,18?,19+,21-/m0/s1. The Balaban J connectivity index is 1.55. The monoisotopic (exact) mass is 380 g/mol. The highest BCUT2D eigenvalue weighted by molar-refractivity contribution is 9.09. The first-order valence-corrected chi connectivity index (χ1v) is 11.3. The number of halogens is 1. The molecular formula is C21H33BrO. The van der Waals surface area contributed by atoms with Crippen LogP contribution in [0, 0.1) is 46.8 Å². The summed E-state index contributed by atoms with van der Waals surface area (Å²) in [5, 5.41) is 0.566. The second-order valence-electron chi connectivity index (χ2n) is 9.63. The van der Waals surface area contributed by atoms with Crippen molar-refractivity contribution < 1.29 is 4.79 Å². The van der Waals surface area contributed by atoms with Crippen molar-refractivity contribution in [2.75, 3.05) is 5.33 Å². The maximum absolute atomic E-state index is 12.5. The molecule has 4 saturated carbocycles. The van der Waals surface area contributed by atoms with Gasteiger partial charge in [0.25, 0.3) is 0 Å². The zero-order valence-electron chi connectivity index (χ0n) is 14.9. The molecule has 130 valence electrons. The van der Waals surface area contributed by atoms with Crippen molar-refractivity contribution in [1.82, 2.24) is 0 Å². The summed E-state index contributed by atoms with van der Waals surface area (Å²) in [4.78, 5) is 12.5. The van der Waals surface area contributed by atoms with Gasteiger partial charge >= 0.3 is 0 Å². The number of carbonyl (C=O) groups excluding carboxylic acids is 1. The molecular weight excluding hydrogens is 348 g/mol. The summed E-state index contributed by atoms with van der Waals surface area (Å²) in [6.45, 7) is 4.94. The number of carbonyl (C=O) groups is 1. The van der Waals surface area contributed by atoms with Crippen LogP contribution >= 0.6 is 15.9 Å². The zero-order valence-corrected chi connectivity index (χ0v) is 16.5. The molecule has 0 heterocycles. The highest BCUT2D eigenvalue weighted by Crippen LogP contribution is 2.64. The van der Waals surface area contributed by atoms with E-state index in [4.69, 9.17) is 0 Å². The number of hydrogen-bond donors (Lipinski definition) is 0. The van der Waals surface area contributed by atoms with Gasteiger partial charge in [-0.25, -0.2) is 0 Å². The molecule has 4 fully saturated rings. The highest BCUT2D eigenvalue weighted by atomic mass is 79.9. The highest BCUT2D eigenvalue weighted by Gasteiger charge is 2.57. The summed E-state index contributed by atoms with van der Waals surface area (Å²) < 4.78 is 0. The third-order valence-electron chi connectivity index (χ3n) is 8.74. The summed E-state index contributed by atoms with van der Waals surface area (Å²) in [5.41, 5.74) is 0.320.